The van der Waals surface area contributed by atoms with Crippen LogP contribution in [0.25, 0.3) is 0 Å². The molecule has 1 heterocycles. The molecule has 1 aromatic carbocycles. The summed E-state index contributed by atoms with van der Waals surface area (Å²) in [4.78, 5) is 12.4. The Balaban J connectivity index is 1.64. The molecule has 6 heteroatoms. The number of allylic oxidation sites excluding steroid dienone is 2. The Labute approximate surface area is 156 Å². The number of carbonyl (C=O) groups is 1. The van der Waals surface area contributed by atoms with Gasteiger partial charge in [0.05, 0.1) is 4.90 Å². The number of amides is 1. The fraction of sp³-hybridized carbons (Fsp3) is 0.550. The largest absolute Gasteiger partial charge is 0.326 e. The summed E-state index contributed by atoms with van der Waals surface area (Å²) in [6.45, 7) is 5.33. The molecule has 2 aliphatic rings. The van der Waals surface area contributed by atoms with Gasteiger partial charge < -0.3 is 5.32 Å². The van der Waals surface area contributed by atoms with Crippen LogP contribution in [0.2, 0.25) is 0 Å². The van der Waals surface area contributed by atoms with E-state index in [1.165, 1.54) is 0 Å². The number of nitrogens with one attached hydrogen (secondary N) is 1. The van der Waals surface area contributed by atoms with Gasteiger partial charge in [-0.2, -0.15) is 4.31 Å². The Kier molecular flexibility index (Phi) is 5.82. The maximum atomic E-state index is 12.9. The van der Waals surface area contributed by atoms with E-state index < -0.39 is 10.0 Å². The number of anilines is 1. The first-order valence-corrected chi connectivity index (χ1v) is 10.9. The molecular weight excluding hydrogens is 348 g/mol. The minimum absolute atomic E-state index is 0.0316. The molecule has 0 aromatic heterocycles. The molecule has 26 heavy (non-hydrogen) atoms. The monoisotopic (exact) mass is 376 g/mol. The second-order valence-electron chi connectivity index (χ2n) is 7.81. The predicted molar refractivity (Wildman–Crippen MR) is 103 cm³/mol. The summed E-state index contributed by atoms with van der Waals surface area (Å²) in [7, 11) is -3.48. The molecule has 3 atom stereocenters. The van der Waals surface area contributed by atoms with E-state index in [9.17, 15) is 13.2 Å². The van der Waals surface area contributed by atoms with E-state index in [2.05, 4.69) is 31.3 Å². The summed E-state index contributed by atoms with van der Waals surface area (Å²) in [5, 5.41) is 2.86. The second-order valence-corrected chi connectivity index (χ2v) is 9.75. The lowest BCUT2D eigenvalue weighted by atomic mass is 9.94. The van der Waals surface area contributed by atoms with Crippen molar-refractivity contribution in [3.05, 3.63) is 36.4 Å². The number of hydrogen-bond donors (Lipinski definition) is 1. The Morgan fingerprint density at radius 1 is 1.15 bits per heavy atom. The molecular formula is C20H28N2O3S. The van der Waals surface area contributed by atoms with Crippen molar-refractivity contribution in [3.8, 4) is 0 Å². The number of benzene rings is 1. The minimum atomic E-state index is -3.48. The Bertz CT molecular complexity index is 761. The molecule has 0 saturated carbocycles. The van der Waals surface area contributed by atoms with Crippen molar-refractivity contribution in [2.45, 2.75) is 44.4 Å². The van der Waals surface area contributed by atoms with E-state index >= 15 is 0 Å². The molecule has 1 N–H and O–H groups in total. The van der Waals surface area contributed by atoms with Crippen molar-refractivity contribution >= 4 is 21.6 Å². The minimum Gasteiger partial charge on any atom is -0.326 e. The van der Waals surface area contributed by atoms with Gasteiger partial charge >= 0.3 is 0 Å². The third-order valence-corrected chi connectivity index (χ3v) is 7.02. The number of nitrogens with zero attached hydrogens (tertiary/aromatic N) is 1. The SMILES string of the molecule is C[C@@H]1C[C@H](C)CN(S(=O)(=O)c2ccc(NC(=O)C[C@H]3C=CCC3)cc2)C1. The van der Waals surface area contributed by atoms with Crippen LogP contribution in [0, 0.1) is 17.8 Å². The zero-order valence-corrected chi connectivity index (χ0v) is 16.3. The van der Waals surface area contributed by atoms with E-state index in [0.717, 1.165) is 19.3 Å². The van der Waals surface area contributed by atoms with Gasteiger partial charge in [0, 0.05) is 25.2 Å². The van der Waals surface area contributed by atoms with Crippen LogP contribution in [-0.2, 0) is 14.8 Å². The highest BCUT2D eigenvalue weighted by atomic mass is 32.2. The van der Waals surface area contributed by atoms with Gasteiger partial charge in [0.1, 0.15) is 0 Å². The van der Waals surface area contributed by atoms with Crippen molar-refractivity contribution in [1.82, 2.24) is 4.31 Å². The summed E-state index contributed by atoms with van der Waals surface area (Å²) in [6, 6.07) is 6.52. The van der Waals surface area contributed by atoms with Gasteiger partial charge in [0.15, 0.2) is 0 Å². The zero-order chi connectivity index (χ0) is 18.7. The molecule has 1 aromatic rings. The summed E-state index contributed by atoms with van der Waals surface area (Å²) < 4.78 is 27.3. The summed E-state index contributed by atoms with van der Waals surface area (Å²) in [5.74, 6) is 1.03. The van der Waals surface area contributed by atoms with Crippen LogP contribution in [0.15, 0.2) is 41.3 Å². The molecule has 3 rings (SSSR count). The normalized spacial score (nSPS) is 26.8. The molecule has 0 spiro atoms. The first-order valence-electron chi connectivity index (χ1n) is 9.41. The molecule has 1 fully saturated rings. The fourth-order valence-electron chi connectivity index (χ4n) is 3.98. The van der Waals surface area contributed by atoms with Crippen molar-refractivity contribution < 1.29 is 13.2 Å². The standard InChI is InChI=1S/C20H28N2O3S/c1-15-11-16(2)14-22(13-15)26(24,25)19-9-7-18(8-10-19)21-20(23)12-17-5-3-4-6-17/h3,5,7-10,15-17H,4,6,11-14H2,1-2H3,(H,21,23)/t15-,16+,17-/m0/s1. The van der Waals surface area contributed by atoms with Crippen molar-refractivity contribution in [1.29, 1.82) is 0 Å². The maximum Gasteiger partial charge on any atom is 0.243 e. The quantitative estimate of drug-likeness (QED) is 0.798. The van der Waals surface area contributed by atoms with Gasteiger partial charge in [-0.15, -0.1) is 0 Å². The number of rotatable bonds is 5. The predicted octanol–water partition coefficient (Wildman–Crippen LogP) is 3.65. The third kappa shape index (κ3) is 4.54. The molecule has 1 aliphatic carbocycles. The second kappa shape index (κ2) is 7.92. The Morgan fingerprint density at radius 3 is 2.38 bits per heavy atom. The Hall–Kier alpha value is -1.66. The first-order chi connectivity index (χ1) is 12.3. The van der Waals surface area contributed by atoms with Gasteiger partial charge in [0.25, 0.3) is 0 Å². The van der Waals surface area contributed by atoms with Gasteiger partial charge in [0.2, 0.25) is 15.9 Å². The lowest BCUT2D eigenvalue weighted by Gasteiger charge is -2.34. The summed E-state index contributed by atoms with van der Waals surface area (Å²) >= 11 is 0. The van der Waals surface area contributed by atoms with Crippen LogP contribution in [0.4, 0.5) is 5.69 Å². The van der Waals surface area contributed by atoms with E-state index in [0.29, 0.717) is 43.0 Å². The number of hydrogen-bond acceptors (Lipinski definition) is 3. The van der Waals surface area contributed by atoms with Crippen LogP contribution in [0.3, 0.4) is 0 Å². The van der Waals surface area contributed by atoms with Gasteiger partial charge in [-0.3, -0.25) is 4.79 Å². The van der Waals surface area contributed by atoms with Crippen LogP contribution in [0.5, 0.6) is 0 Å². The van der Waals surface area contributed by atoms with E-state index in [1.54, 1.807) is 28.6 Å². The molecule has 142 valence electrons. The van der Waals surface area contributed by atoms with Crippen molar-refractivity contribution in [2.75, 3.05) is 18.4 Å². The summed E-state index contributed by atoms with van der Waals surface area (Å²) in [6.07, 6.45) is 7.80. The Morgan fingerprint density at radius 2 is 1.81 bits per heavy atom. The lowest BCUT2D eigenvalue weighted by molar-refractivity contribution is -0.116. The van der Waals surface area contributed by atoms with Gasteiger partial charge in [-0.1, -0.05) is 26.0 Å². The van der Waals surface area contributed by atoms with Crippen molar-refractivity contribution in [2.24, 2.45) is 17.8 Å². The molecule has 0 bridgehead atoms. The van der Waals surface area contributed by atoms with Crippen molar-refractivity contribution in [3.63, 3.8) is 0 Å². The molecule has 1 amide bonds. The average Bonchev–Trinajstić information content (AvgIpc) is 3.07. The third-order valence-electron chi connectivity index (χ3n) is 5.17. The lowest BCUT2D eigenvalue weighted by Crippen LogP contribution is -2.42. The van der Waals surface area contributed by atoms with Gasteiger partial charge in [-0.25, -0.2) is 8.42 Å². The van der Waals surface area contributed by atoms with E-state index in [4.69, 9.17) is 0 Å². The molecule has 5 nitrogen and oxygen atoms in total. The van der Waals surface area contributed by atoms with Gasteiger partial charge in [-0.05, 0) is 61.3 Å². The number of sulfonamides is 1. The molecule has 1 aliphatic heterocycles. The summed E-state index contributed by atoms with van der Waals surface area (Å²) in [5.41, 5.74) is 0.635. The highest BCUT2D eigenvalue weighted by molar-refractivity contribution is 7.89. The smallest absolute Gasteiger partial charge is 0.243 e. The first kappa shape index (κ1) is 19.1. The topological polar surface area (TPSA) is 66.5 Å². The van der Waals surface area contributed by atoms with E-state index in [1.807, 2.05) is 0 Å². The van der Waals surface area contributed by atoms with Crippen LogP contribution < -0.4 is 5.32 Å². The highest BCUT2D eigenvalue weighted by Gasteiger charge is 2.31. The number of carbonyl (C=O) groups excluding carboxylic acids is 1. The molecule has 0 unspecified atom stereocenters. The highest BCUT2D eigenvalue weighted by Crippen LogP contribution is 2.27. The van der Waals surface area contributed by atoms with Crippen LogP contribution >= 0.6 is 0 Å². The molecule has 0 radical (unpaired) electrons. The van der Waals surface area contributed by atoms with E-state index in [-0.39, 0.29) is 10.8 Å². The number of piperidine rings is 1. The van der Waals surface area contributed by atoms with Crippen LogP contribution in [-0.4, -0.2) is 31.7 Å². The average molecular weight is 377 g/mol. The molecule has 1 saturated heterocycles. The zero-order valence-electron chi connectivity index (χ0n) is 15.5. The fourth-order valence-corrected chi connectivity index (χ4v) is 5.66. The van der Waals surface area contributed by atoms with Crippen LogP contribution in [0.1, 0.15) is 39.5 Å². The maximum absolute atomic E-state index is 12.9.